The van der Waals surface area contributed by atoms with Gasteiger partial charge in [0.05, 0.1) is 4.88 Å². The third kappa shape index (κ3) is 3.45. The number of hydrogen-bond acceptors (Lipinski definition) is 6. The molecule has 0 aliphatic heterocycles. The molecule has 1 N–H and O–H groups in total. The highest BCUT2D eigenvalue weighted by Gasteiger charge is 2.30. The van der Waals surface area contributed by atoms with E-state index in [0.717, 1.165) is 36.2 Å². The van der Waals surface area contributed by atoms with E-state index < -0.39 is 10.0 Å². The highest BCUT2D eigenvalue weighted by atomic mass is 32.2. The predicted octanol–water partition coefficient (Wildman–Crippen LogP) is 4.04. The van der Waals surface area contributed by atoms with E-state index in [-0.39, 0.29) is 4.21 Å². The van der Waals surface area contributed by atoms with Crippen LogP contribution >= 0.6 is 11.3 Å². The summed E-state index contributed by atoms with van der Waals surface area (Å²) in [5, 5.41) is 8.07. The van der Waals surface area contributed by atoms with Gasteiger partial charge in [-0.1, -0.05) is 19.1 Å². The van der Waals surface area contributed by atoms with Gasteiger partial charge in [0.25, 0.3) is 15.9 Å². The highest BCUT2D eigenvalue weighted by molar-refractivity contribution is 7.94. The van der Waals surface area contributed by atoms with Gasteiger partial charge in [0.15, 0.2) is 0 Å². The monoisotopic (exact) mass is 375 g/mol. The van der Waals surface area contributed by atoms with E-state index in [4.69, 9.17) is 4.42 Å². The van der Waals surface area contributed by atoms with Crippen molar-refractivity contribution in [3.63, 3.8) is 0 Å². The first kappa shape index (κ1) is 16.3. The number of benzene rings is 1. The van der Waals surface area contributed by atoms with Gasteiger partial charge in [-0.25, -0.2) is 8.42 Å². The number of anilines is 1. The number of aromatic nitrogens is 2. The van der Waals surface area contributed by atoms with Gasteiger partial charge >= 0.3 is 0 Å². The molecule has 0 saturated heterocycles. The van der Waals surface area contributed by atoms with E-state index in [1.54, 1.807) is 18.2 Å². The van der Waals surface area contributed by atoms with Gasteiger partial charge in [-0.2, -0.15) is 0 Å². The number of thiophene rings is 1. The molecule has 0 atom stereocenters. The van der Waals surface area contributed by atoms with Gasteiger partial charge in [-0.15, -0.1) is 21.5 Å². The number of hydrogen-bond donors (Lipinski definition) is 1. The SMILES string of the molecule is CCc1cccc(NS(=O)(=O)c2ccc(-c3nnc(C4CC4)o3)s2)c1. The molecule has 1 fully saturated rings. The Labute approximate surface area is 150 Å². The Morgan fingerprint density at radius 3 is 2.84 bits per heavy atom. The van der Waals surface area contributed by atoms with Crippen LogP contribution in [0.15, 0.2) is 45.0 Å². The van der Waals surface area contributed by atoms with Gasteiger partial charge in [0.2, 0.25) is 5.89 Å². The smallest absolute Gasteiger partial charge is 0.271 e. The average Bonchev–Trinajstić information content (AvgIpc) is 3.12. The van der Waals surface area contributed by atoms with E-state index in [1.165, 1.54) is 0 Å². The Morgan fingerprint density at radius 1 is 1.24 bits per heavy atom. The van der Waals surface area contributed by atoms with Gasteiger partial charge in [-0.05, 0) is 49.1 Å². The maximum absolute atomic E-state index is 12.6. The topological polar surface area (TPSA) is 85.1 Å². The third-order valence-electron chi connectivity index (χ3n) is 4.01. The lowest BCUT2D eigenvalue weighted by Crippen LogP contribution is -2.11. The number of aryl methyl sites for hydroxylation is 1. The summed E-state index contributed by atoms with van der Waals surface area (Å²) in [4.78, 5) is 0.655. The minimum Gasteiger partial charge on any atom is -0.420 e. The Kier molecular flexibility index (Phi) is 4.09. The summed E-state index contributed by atoms with van der Waals surface area (Å²) in [6, 6.07) is 10.7. The lowest BCUT2D eigenvalue weighted by Gasteiger charge is -2.07. The molecule has 0 spiro atoms. The lowest BCUT2D eigenvalue weighted by atomic mass is 10.1. The van der Waals surface area contributed by atoms with E-state index in [0.29, 0.717) is 28.3 Å². The number of nitrogens with zero attached hydrogens (tertiary/aromatic N) is 2. The Balaban J connectivity index is 1.56. The number of rotatable bonds is 6. The quantitative estimate of drug-likeness (QED) is 0.703. The largest absolute Gasteiger partial charge is 0.420 e. The summed E-state index contributed by atoms with van der Waals surface area (Å²) in [5.74, 6) is 1.39. The molecule has 2 heterocycles. The molecule has 25 heavy (non-hydrogen) atoms. The molecule has 0 amide bonds. The number of sulfonamides is 1. The Bertz CT molecular complexity index is 1000. The molecule has 0 bridgehead atoms. The summed E-state index contributed by atoms with van der Waals surface area (Å²) in [5.41, 5.74) is 1.63. The van der Waals surface area contributed by atoms with Crippen molar-refractivity contribution in [2.45, 2.75) is 36.3 Å². The van der Waals surface area contributed by atoms with Crippen molar-refractivity contribution in [3.8, 4) is 10.8 Å². The zero-order chi connectivity index (χ0) is 17.4. The van der Waals surface area contributed by atoms with Crippen LogP contribution in [-0.2, 0) is 16.4 Å². The second kappa shape index (κ2) is 6.27. The first-order valence-corrected chi connectivity index (χ1v) is 10.4. The number of nitrogens with one attached hydrogen (secondary N) is 1. The molecule has 1 saturated carbocycles. The molecule has 6 nitrogen and oxygen atoms in total. The van der Waals surface area contributed by atoms with Gasteiger partial charge < -0.3 is 4.42 Å². The van der Waals surface area contributed by atoms with Crippen molar-refractivity contribution in [1.29, 1.82) is 0 Å². The predicted molar refractivity (Wildman–Crippen MR) is 96.2 cm³/mol. The second-order valence-corrected chi connectivity index (χ2v) is 8.99. The lowest BCUT2D eigenvalue weighted by molar-refractivity contribution is 0.509. The third-order valence-corrected chi connectivity index (χ3v) is 6.96. The average molecular weight is 375 g/mol. The molecule has 8 heteroatoms. The summed E-state index contributed by atoms with van der Waals surface area (Å²) in [7, 11) is -3.64. The Morgan fingerprint density at radius 2 is 2.08 bits per heavy atom. The van der Waals surface area contributed by atoms with E-state index in [9.17, 15) is 8.42 Å². The Hall–Kier alpha value is -2.19. The van der Waals surface area contributed by atoms with Gasteiger partial charge in [0.1, 0.15) is 4.21 Å². The molecule has 2 aromatic heterocycles. The second-order valence-electron chi connectivity index (χ2n) is 6.00. The summed E-state index contributed by atoms with van der Waals surface area (Å²) >= 11 is 1.12. The molecule has 3 aromatic rings. The van der Waals surface area contributed by atoms with E-state index >= 15 is 0 Å². The maximum atomic E-state index is 12.6. The van der Waals surface area contributed by atoms with Crippen LogP contribution in [0.2, 0.25) is 0 Å². The maximum Gasteiger partial charge on any atom is 0.271 e. The van der Waals surface area contributed by atoms with Crippen LogP contribution in [0.5, 0.6) is 0 Å². The van der Waals surface area contributed by atoms with Crippen LogP contribution in [0, 0.1) is 0 Å². The fraction of sp³-hybridized carbons (Fsp3) is 0.294. The van der Waals surface area contributed by atoms with Crippen LogP contribution in [-0.4, -0.2) is 18.6 Å². The summed E-state index contributed by atoms with van der Waals surface area (Å²) in [6.45, 7) is 2.03. The van der Waals surface area contributed by atoms with Crippen LogP contribution < -0.4 is 4.72 Å². The standard InChI is InChI=1S/C17H17N3O3S2/c1-2-11-4-3-5-13(10-11)20-25(21,22)15-9-8-14(24-15)17-19-18-16(23-17)12-6-7-12/h3-5,8-10,12,20H,2,6-7H2,1H3. The molecule has 1 aliphatic carbocycles. The molecule has 0 unspecified atom stereocenters. The first-order valence-electron chi connectivity index (χ1n) is 8.10. The molecule has 4 rings (SSSR count). The first-order chi connectivity index (χ1) is 12.0. The van der Waals surface area contributed by atoms with Gasteiger partial charge in [0, 0.05) is 11.6 Å². The fourth-order valence-electron chi connectivity index (χ4n) is 2.47. The minimum atomic E-state index is -3.64. The van der Waals surface area contributed by atoms with Crippen LogP contribution in [0.3, 0.4) is 0 Å². The summed E-state index contributed by atoms with van der Waals surface area (Å²) < 4.78 is 33.7. The van der Waals surface area contributed by atoms with Crippen LogP contribution in [0.25, 0.3) is 10.8 Å². The molecular formula is C17H17N3O3S2. The normalized spacial score (nSPS) is 14.6. The van der Waals surface area contributed by atoms with Crippen LogP contribution in [0.1, 0.15) is 37.1 Å². The molecular weight excluding hydrogens is 358 g/mol. The van der Waals surface area contributed by atoms with Crippen molar-refractivity contribution < 1.29 is 12.8 Å². The van der Waals surface area contributed by atoms with Gasteiger partial charge in [-0.3, -0.25) is 4.72 Å². The van der Waals surface area contributed by atoms with Crippen molar-refractivity contribution in [1.82, 2.24) is 10.2 Å². The highest BCUT2D eigenvalue weighted by Crippen LogP contribution is 2.40. The summed E-state index contributed by atoms with van der Waals surface area (Å²) in [6.07, 6.45) is 3.00. The fourth-order valence-corrected chi connectivity index (χ4v) is 4.75. The molecule has 130 valence electrons. The molecule has 0 radical (unpaired) electrons. The van der Waals surface area contributed by atoms with Crippen molar-refractivity contribution in [2.24, 2.45) is 0 Å². The minimum absolute atomic E-state index is 0.218. The zero-order valence-electron chi connectivity index (χ0n) is 13.6. The van der Waals surface area contributed by atoms with Crippen molar-refractivity contribution in [2.75, 3.05) is 4.72 Å². The van der Waals surface area contributed by atoms with E-state index in [2.05, 4.69) is 14.9 Å². The van der Waals surface area contributed by atoms with Crippen molar-refractivity contribution in [3.05, 3.63) is 47.9 Å². The van der Waals surface area contributed by atoms with Crippen molar-refractivity contribution >= 4 is 27.0 Å². The zero-order valence-corrected chi connectivity index (χ0v) is 15.2. The molecule has 1 aliphatic rings. The molecule has 1 aromatic carbocycles. The van der Waals surface area contributed by atoms with E-state index in [1.807, 2.05) is 25.1 Å². The van der Waals surface area contributed by atoms with Crippen LogP contribution in [0.4, 0.5) is 5.69 Å².